The van der Waals surface area contributed by atoms with Crippen molar-refractivity contribution in [2.24, 2.45) is 0 Å². The van der Waals surface area contributed by atoms with Crippen molar-refractivity contribution >= 4 is 41.5 Å². The maximum atomic E-state index is 14.3. The number of anilines is 1. The average molecular weight is 633 g/mol. The van der Waals surface area contributed by atoms with Crippen molar-refractivity contribution in [2.45, 2.75) is 51.4 Å². The SMILES string of the molecule is Cc1nc(N)c2ncn([C@H]3CC(O)[C@@H](COP(=O)(N[C@@H](C)C(=O)OCc4ccccc4)Oc4cccc5ccccc45)O3)c2n1. The number of benzene rings is 3. The van der Waals surface area contributed by atoms with Gasteiger partial charge in [0.1, 0.15) is 42.1 Å². The van der Waals surface area contributed by atoms with Crippen molar-refractivity contribution in [3.05, 3.63) is 90.5 Å². The number of aliphatic hydroxyl groups is 1. The molecule has 0 bridgehead atoms. The molecule has 0 aliphatic carbocycles. The van der Waals surface area contributed by atoms with E-state index >= 15 is 0 Å². The number of fused-ring (bicyclic) bond motifs is 2. The number of carbonyl (C=O) groups is 1. The fraction of sp³-hybridized carbons (Fsp3) is 0.290. The minimum absolute atomic E-state index is 0.0452. The van der Waals surface area contributed by atoms with Crippen LogP contribution in [-0.4, -0.2) is 55.5 Å². The van der Waals surface area contributed by atoms with Gasteiger partial charge in [-0.2, -0.15) is 5.09 Å². The van der Waals surface area contributed by atoms with Gasteiger partial charge in [-0.1, -0.05) is 66.7 Å². The molecular formula is C31H33N6O7P. The Morgan fingerprint density at radius 2 is 1.89 bits per heavy atom. The van der Waals surface area contributed by atoms with Gasteiger partial charge in [-0.05, 0) is 30.9 Å². The molecule has 13 nitrogen and oxygen atoms in total. The molecule has 1 aliphatic heterocycles. The normalized spacial score (nSPS) is 20.2. The first-order valence-corrected chi connectivity index (χ1v) is 15.9. The predicted molar refractivity (Wildman–Crippen MR) is 166 cm³/mol. The van der Waals surface area contributed by atoms with E-state index in [4.69, 9.17) is 24.3 Å². The third kappa shape index (κ3) is 6.82. The fourth-order valence-corrected chi connectivity index (χ4v) is 6.63. The van der Waals surface area contributed by atoms with Crippen LogP contribution in [0.25, 0.3) is 21.9 Å². The molecule has 0 spiro atoms. The summed E-state index contributed by atoms with van der Waals surface area (Å²) in [4.78, 5) is 25.8. The van der Waals surface area contributed by atoms with Crippen molar-refractivity contribution in [3.8, 4) is 5.75 Å². The molecule has 0 radical (unpaired) electrons. The maximum Gasteiger partial charge on any atom is 0.459 e. The number of aryl methyl sites for hydroxylation is 1. The second-order valence-electron chi connectivity index (χ2n) is 10.7. The van der Waals surface area contributed by atoms with E-state index in [0.29, 0.717) is 22.4 Å². The number of nitrogen functional groups attached to an aromatic ring is 1. The molecule has 4 N–H and O–H groups in total. The number of hydrogen-bond acceptors (Lipinski definition) is 11. The number of aromatic nitrogens is 4. The lowest BCUT2D eigenvalue weighted by molar-refractivity contribution is -0.146. The third-order valence-electron chi connectivity index (χ3n) is 7.38. The number of rotatable bonds is 11. The van der Waals surface area contributed by atoms with Crippen LogP contribution in [0.15, 0.2) is 79.1 Å². The number of carbonyl (C=O) groups excluding carboxylic acids is 1. The van der Waals surface area contributed by atoms with Crippen LogP contribution in [0.2, 0.25) is 0 Å². The molecule has 1 saturated heterocycles. The summed E-state index contributed by atoms with van der Waals surface area (Å²) in [5.74, 6) is 0.347. The second kappa shape index (κ2) is 12.9. The first kappa shape index (κ1) is 30.6. The van der Waals surface area contributed by atoms with Gasteiger partial charge in [-0.15, -0.1) is 0 Å². The third-order valence-corrected chi connectivity index (χ3v) is 9.01. The molecule has 1 fully saturated rings. The number of nitrogens with one attached hydrogen (secondary N) is 1. The van der Waals surface area contributed by atoms with Gasteiger partial charge < -0.3 is 24.8 Å². The van der Waals surface area contributed by atoms with E-state index in [9.17, 15) is 14.5 Å². The van der Waals surface area contributed by atoms with Gasteiger partial charge in [-0.3, -0.25) is 13.9 Å². The minimum Gasteiger partial charge on any atom is -0.460 e. The summed E-state index contributed by atoms with van der Waals surface area (Å²) in [5, 5.41) is 15.2. The molecule has 3 aromatic carbocycles. The van der Waals surface area contributed by atoms with Gasteiger partial charge in [-0.25, -0.2) is 19.5 Å². The lowest BCUT2D eigenvalue weighted by Gasteiger charge is -2.25. The highest BCUT2D eigenvalue weighted by molar-refractivity contribution is 7.52. The van der Waals surface area contributed by atoms with Crippen molar-refractivity contribution in [1.82, 2.24) is 24.6 Å². The Hall–Kier alpha value is -4.39. The van der Waals surface area contributed by atoms with Crippen LogP contribution in [0, 0.1) is 6.92 Å². The molecule has 5 atom stereocenters. The zero-order chi connectivity index (χ0) is 31.6. The first-order valence-electron chi connectivity index (χ1n) is 14.4. The Bertz CT molecular complexity index is 1860. The van der Waals surface area contributed by atoms with Crippen molar-refractivity contribution in [3.63, 3.8) is 0 Å². The number of aliphatic hydroxyl groups excluding tert-OH is 1. The summed E-state index contributed by atoms with van der Waals surface area (Å²) in [7, 11) is -4.26. The summed E-state index contributed by atoms with van der Waals surface area (Å²) < 4.78 is 39.4. The number of ether oxygens (including phenoxy) is 2. The number of hydrogen-bond donors (Lipinski definition) is 3. The number of nitrogens with zero attached hydrogens (tertiary/aromatic N) is 4. The van der Waals surface area contributed by atoms with E-state index in [1.165, 1.54) is 13.3 Å². The topological polar surface area (TPSA) is 173 Å². The van der Waals surface area contributed by atoms with Gasteiger partial charge >= 0.3 is 13.7 Å². The lowest BCUT2D eigenvalue weighted by Crippen LogP contribution is -2.36. The van der Waals surface area contributed by atoms with Crippen LogP contribution in [0.3, 0.4) is 0 Å². The monoisotopic (exact) mass is 632 g/mol. The van der Waals surface area contributed by atoms with Crippen LogP contribution in [0.4, 0.5) is 5.82 Å². The van der Waals surface area contributed by atoms with E-state index in [2.05, 4.69) is 20.0 Å². The standard InChI is InChI=1S/C31H33N6O7P/c1-19(31(39)41-16-21-9-4-3-5-10-21)36-45(40,44-25-14-8-12-22-11-6-7-13-23(22)25)42-17-26-24(38)15-27(43-26)37-18-33-28-29(32)34-20(2)35-30(28)37/h3-14,18-19,24,26-27,38H,15-17H2,1-2H3,(H,36,40)(H2,32,34,35)/t19-,24?,26+,27+,45?/m0/s1. The van der Waals surface area contributed by atoms with E-state index in [1.54, 1.807) is 23.6 Å². The van der Waals surface area contributed by atoms with Crippen LogP contribution in [0.5, 0.6) is 5.75 Å². The van der Waals surface area contributed by atoms with Crippen LogP contribution < -0.4 is 15.3 Å². The maximum absolute atomic E-state index is 14.3. The molecular weight excluding hydrogens is 599 g/mol. The van der Waals surface area contributed by atoms with Crippen LogP contribution in [0.1, 0.15) is 31.0 Å². The highest BCUT2D eigenvalue weighted by Crippen LogP contribution is 2.47. The molecule has 5 aromatic rings. The molecule has 2 unspecified atom stereocenters. The van der Waals surface area contributed by atoms with E-state index in [0.717, 1.165) is 10.9 Å². The van der Waals surface area contributed by atoms with Crippen molar-refractivity contribution < 1.29 is 33.0 Å². The second-order valence-corrected chi connectivity index (χ2v) is 12.4. The smallest absolute Gasteiger partial charge is 0.459 e. The Morgan fingerprint density at radius 3 is 2.71 bits per heavy atom. The lowest BCUT2D eigenvalue weighted by atomic mass is 10.1. The van der Waals surface area contributed by atoms with E-state index in [1.807, 2.05) is 60.7 Å². The van der Waals surface area contributed by atoms with Crippen LogP contribution in [-0.2, 0) is 30.0 Å². The molecule has 6 rings (SSSR count). The van der Waals surface area contributed by atoms with Gasteiger partial charge in [0.15, 0.2) is 11.5 Å². The molecule has 2 aromatic heterocycles. The Labute approximate surface area is 258 Å². The van der Waals surface area contributed by atoms with Gasteiger partial charge in [0.2, 0.25) is 0 Å². The van der Waals surface area contributed by atoms with E-state index < -0.39 is 38.2 Å². The zero-order valence-corrected chi connectivity index (χ0v) is 25.5. The Morgan fingerprint density at radius 1 is 1.13 bits per heavy atom. The Balaban J connectivity index is 1.19. The minimum atomic E-state index is -4.26. The zero-order valence-electron chi connectivity index (χ0n) is 24.6. The van der Waals surface area contributed by atoms with E-state index in [-0.39, 0.29) is 31.2 Å². The first-order chi connectivity index (χ1) is 21.7. The molecule has 45 heavy (non-hydrogen) atoms. The summed E-state index contributed by atoms with van der Waals surface area (Å²) in [5.41, 5.74) is 7.70. The molecule has 14 heteroatoms. The molecule has 234 valence electrons. The van der Waals surface area contributed by atoms with Gasteiger partial charge in [0.25, 0.3) is 0 Å². The molecule has 0 saturated carbocycles. The quantitative estimate of drug-likeness (QED) is 0.138. The molecule has 0 amide bonds. The van der Waals surface area contributed by atoms with Crippen molar-refractivity contribution in [2.75, 3.05) is 12.3 Å². The number of imidazole rings is 1. The summed E-state index contributed by atoms with van der Waals surface area (Å²) >= 11 is 0. The van der Waals surface area contributed by atoms with Crippen molar-refractivity contribution in [1.29, 1.82) is 0 Å². The van der Waals surface area contributed by atoms with Gasteiger partial charge in [0.05, 0.1) is 19.0 Å². The predicted octanol–water partition coefficient (Wildman–Crippen LogP) is 4.44. The van der Waals surface area contributed by atoms with Crippen LogP contribution >= 0.6 is 7.75 Å². The Kier molecular flexibility index (Phi) is 8.79. The summed E-state index contributed by atoms with van der Waals surface area (Å²) in [6, 6.07) is 20.9. The summed E-state index contributed by atoms with van der Waals surface area (Å²) in [6.45, 7) is 2.95. The fourth-order valence-electron chi connectivity index (χ4n) is 5.11. The average Bonchev–Trinajstić information content (AvgIpc) is 3.62. The highest BCUT2D eigenvalue weighted by atomic mass is 31.2. The highest BCUT2D eigenvalue weighted by Gasteiger charge is 2.40. The largest absolute Gasteiger partial charge is 0.460 e. The van der Waals surface area contributed by atoms with Gasteiger partial charge in [0, 0.05) is 11.8 Å². The number of esters is 1. The molecule has 3 heterocycles. The molecule has 1 aliphatic rings. The number of nitrogens with two attached hydrogens (primary N) is 1. The summed E-state index contributed by atoms with van der Waals surface area (Å²) in [6.07, 6.45) is -0.807.